The molecule has 112 valence electrons. The number of aromatic nitrogens is 3. The summed E-state index contributed by atoms with van der Waals surface area (Å²) in [5, 5.41) is 3.17. The number of anilines is 1. The molecule has 0 saturated heterocycles. The first-order valence-corrected chi connectivity index (χ1v) is 6.94. The fourth-order valence-corrected chi connectivity index (χ4v) is 1.92. The molecule has 21 heavy (non-hydrogen) atoms. The van der Waals surface area contributed by atoms with E-state index in [4.69, 9.17) is 4.74 Å². The molecule has 0 radical (unpaired) electrons. The molecular weight excluding hydrogens is 268 g/mol. The SMILES string of the molecule is CC(C)OC(=O)c1cccnc1NCCc1nccn1C. The summed E-state index contributed by atoms with van der Waals surface area (Å²) in [6.45, 7) is 4.29. The Morgan fingerprint density at radius 2 is 2.19 bits per heavy atom. The van der Waals surface area contributed by atoms with Gasteiger partial charge in [0, 0.05) is 38.6 Å². The summed E-state index contributed by atoms with van der Waals surface area (Å²) in [7, 11) is 1.95. The third kappa shape index (κ3) is 4.05. The monoisotopic (exact) mass is 288 g/mol. The first-order chi connectivity index (χ1) is 10.1. The summed E-state index contributed by atoms with van der Waals surface area (Å²) < 4.78 is 7.18. The molecule has 2 rings (SSSR count). The standard InChI is InChI=1S/C15H20N4O2/c1-11(2)21-15(20)12-5-4-7-17-14(12)18-8-6-13-16-9-10-19(13)3/h4-5,7,9-11H,6,8H2,1-3H3,(H,17,18). The van der Waals surface area contributed by atoms with E-state index in [1.807, 2.05) is 31.7 Å². The van der Waals surface area contributed by atoms with E-state index in [1.165, 1.54) is 0 Å². The van der Waals surface area contributed by atoms with Crippen molar-refractivity contribution in [1.82, 2.24) is 14.5 Å². The number of carbonyl (C=O) groups excluding carboxylic acids is 1. The van der Waals surface area contributed by atoms with Gasteiger partial charge in [0.2, 0.25) is 0 Å². The highest BCUT2D eigenvalue weighted by molar-refractivity contribution is 5.94. The highest BCUT2D eigenvalue weighted by Crippen LogP contribution is 2.14. The molecule has 0 spiro atoms. The van der Waals surface area contributed by atoms with Gasteiger partial charge in [-0.05, 0) is 26.0 Å². The second kappa shape index (κ2) is 6.88. The number of ether oxygens (including phenoxy) is 1. The summed E-state index contributed by atoms with van der Waals surface area (Å²) in [5.41, 5.74) is 0.450. The Balaban J connectivity index is 2.00. The summed E-state index contributed by atoms with van der Waals surface area (Å²) in [4.78, 5) is 20.5. The Kier molecular flexibility index (Phi) is 4.92. The minimum Gasteiger partial charge on any atom is -0.459 e. The van der Waals surface area contributed by atoms with Crippen molar-refractivity contribution >= 4 is 11.8 Å². The van der Waals surface area contributed by atoms with Crippen LogP contribution in [0.3, 0.4) is 0 Å². The lowest BCUT2D eigenvalue weighted by Gasteiger charge is -2.12. The number of carbonyl (C=O) groups is 1. The average Bonchev–Trinajstić information content (AvgIpc) is 2.84. The van der Waals surface area contributed by atoms with E-state index < -0.39 is 0 Å². The molecule has 0 atom stereocenters. The van der Waals surface area contributed by atoms with E-state index >= 15 is 0 Å². The Labute approximate surface area is 124 Å². The first-order valence-electron chi connectivity index (χ1n) is 6.94. The lowest BCUT2D eigenvalue weighted by molar-refractivity contribution is 0.0378. The van der Waals surface area contributed by atoms with Crippen LogP contribution in [0.15, 0.2) is 30.7 Å². The maximum Gasteiger partial charge on any atom is 0.342 e. The Bertz CT molecular complexity index is 607. The molecule has 6 heteroatoms. The van der Waals surface area contributed by atoms with Crippen molar-refractivity contribution in [3.8, 4) is 0 Å². The summed E-state index contributed by atoms with van der Waals surface area (Å²) >= 11 is 0. The van der Waals surface area contributed by atoms with Gasteiger partial charge in [-0.25, -0.2) is 14.8 Å². The molecule has 0 amide bonds. The predicted octanol–water partition coefficient (Wildman–Crippen LogP) is 2.03. The fraction of sp³-hybridized carbons (Fsp3) is 0.400. The van der Waals surface area contributed by atoms with Crippen molar-refractivity contribution in [3.63, 3.8) is 0 Å². The zero-order valence-electron chi connectivity index (χ0n) is 12.5. The third-order valence-corrected chi connectivity index (χ3v) is 2.93. The van der Waals surface area contributed by atoms with Crippen LogP contribution in [0.5, 0.6) is 0 Å². The van der Waals surface area contributed by atoms with Gasteiger partial charge >= 0.3 is 5.97 Å². The largest absolute Gasteiger partial charge is 0.459 e. The molecule has 2 aromatic rings. The fourth-order valence-electron chi connectivity index (χ4n) is 1.92. The normalized spacial score (nSPS) is 10.7. The number of hydrogen-bond acceptors (Lipinski definition) is 5. The van der Waals surface area contributed by atoms with Gasteiger partial charge in [-0.3, -0.25) is 0 Å². The van der Waals surface area contributed by atoms with Gasteiger partial charge in [0.25, 0.3) is 0 Å². The molecule has 0 saturated carbocycles. The van der Waals surface area contributed by atoms with Crippen LogP contribution in [-0.2, 0) is 18.2 Å². The molecule has 0 aliphatic carbocycles. The van der Waals surface area contributed by atoms with Gasteiger partial charge in [-0.1, -0.05) is 0 Å². The van der Waals surface area contributed by atoms with E-state index in [9.17, 15) is 4.79 Å². The number of pyridine rings is 1. The molecule has 1 N–H and O–H groups in total. The van der Waals surface area contributed by atoms with Gasteiger partial charge in [-0.2, -0.15) is 0 Å². The smallest absolute Gasteiger partial charge is 0.342 e. The molecule has 0 unspecified atom stereocenters. The number of hydrogen-bond donors (Lipinski definition) is 1. The summed E-state index contributed by atoms with van der Waals surface area (Å²) in [5.74, 6) is 1.15. The highest BCUT2D eigenvalue weighted by atomic mass is 16.5. The molecule has 2 heterocycles. The molecule has 6 nitrogen and oxygen atoms in total. The van der Waals surface area contributed by atoms with Crippen LogP contribution < -0.4 is 5.32 Å². The van der Waals surface area contributed by atoms with Crippen LogP contribution in [0.4, 0.5) is 5.82 Å². The van der Waals surface area contributed by atoms with Gasteiger partial charge in [-0.15, -0.1) is 0 Å². The maximum atomic E-state index is 12.0. The average molecular weight is 288 g/mol. The number of nitrogens with one attached hydrogen (secondary N) is 1. The maximum absolute atomic E-state index is 12.0. The quantitative estimate of drug-likeness (QED) is 0.824. The van der Waals surface area contributed by atoms with Crippen molar-refractivity contribution in [2.75, 3.05) is 11.9 Å². The number of imidazole rings is 1. The van der Waals surface area contributed by atoms with Crippen molar-refractivity contribution in [2.45, 2.75) is 26.4 Å². The minimum absolute atomic E-state index is 0.155. The number of nitrogens with zero attached hydrogens (tertiary/aromatic N) is 3. The Morgan fingerprint density at radius 3 is 2.86 bits per heavy atom. The number of esters is 1. The minimum atomic E-state index is -0.363. The van der Waals surface area contributed by atoms with Crippen molar-refractivity contribution < 1.29 is 9.53 Å². The van der Waals surface area contributed by atoms with Gasteiger partial charge in [0.05, 0.1) is 6.10 Å². The predicted molar refractivity (Wildman–Crippen MR) is 80.2 cm³/mol. The van der Waals surface area contributed by atoms with Crippen LogP contribution in [0.1, 0.15) is 30.0 Å². The van der Waals surface area contributed by atoms with Crippen LogP contribution in [-0.4, -0.2) is 33.2 Å². The van der Waals surface area contributed by atoms with E-state index in [1.54, 1.807) is 24.5 Å². The third-order valence-electron chi connectivity index (χ3n) is 2.93. The molecule has 0 aliphatic heterocycles. The molecular formula is C15H20N4O2. The van der Waals surface area contributed by atoms with Gasteiger partial charge in [0.15, 0.2) is 0 Å². The van der Waals surface area contributed by atoms with E-state index in [0.29, 0.717) is 17.9 Å². The van der Waals surface area contributed by atoms with Crippen LogP contribution in [0.2, 0.25) is 0 Å². The second-order valence-electron chi connectivity index (χ2n) is 4.98. The molecule has 0 bridgehead atoms. The van der Waals surface area contributed by atoms with Gasteiger partial charge in [0.1, 0.15) is 17.2 Å². The molecule has 0 aromatic carbocycles. The van der Waals surface area contributed by atoms with Crippen LogP contribution in [0, 0.1) is 0 Å². The number of rotatable bonds is 6. The summed E-state index contributed by atoms with van der Waals surface area (Å²) in [6, 6.07) is 3.43. The highest BCUT2D eigenvalue weighted by Gasteiger charge is 2.14. The molecule has 2 aromatic heterocycles. The Morgan fingerprint density at radius 1 is 1.38 bits per heavy atom. The van der Waals surface area contributed by atoms with E-state index in [-0.39, 0.29) is 12.1 Å². The second-order valence-corrected chi connectivity index (χ2v) is 4.98. The van der Waals surface area contributed by atoms with E-state index in [2.05, 4.69) is 15.3 Å². The summed E-state index contributed by atoms with van der Waals surface area (Å²) in [6.07, 6.45) is 5.91. The van der Waals surface area contributed by atoms with Crippen LogP contribution >= 0.6 is 0 Å². The van der Waals surface area contributed by atoms with Crippen molar-refractivity contribution in [3.05, 3.63) is 42.1 Å². The zero-order chi connectivity index (χ0) is 15.2. The lowest BCUT2D eigenvalue weighted by Crippen LogP contribution is -2.16. The van der Waals surface area contributed by atoms with Crippen LogP contribution in [0.25, 0.3) is 0 Å². The lowest BCUT2D eigenvalue weighted by atomic mass is 10.2. The molecule has 0 fully saturated rings. The van der Waals surface area contributed by atoms with Crippen molar-refractivity contribution in [1.29, 1.82) is 0 Å². The van der Waals surface area contributed by atoms with E-state index in [0.717, 1.165) is 12.2 Å². The molecule has 0 aliphatic rings. The topological polar surface area (TPSA) is 69.0 Å². The number of aryl methyl sites for hydroxylation is 1. The van der Waals surface area contributed by atoms with Crippen molar-refractivity contribution in [2.24, 2.45) is 7.05 Å². The first kappa shape index (κ1) is 15.0. The Hall–Kier alpha value is -2.37. The van der Waals surface area contributed by atoms with Gasteiger partial charge < -0.3 is 14.6 Å². The zero-order valence-corrected chi connectivity index (χ0v) is 12.5.